The maximum atomic E-state index is 3.30. The van der Waals surface area contributed by atoms with E-state index in [0.717, 1.165) is 12.6 Å². The van der Waals surface area contributed by atoms with Crippen molar-refractivity contribution in [3.63, 3.8) is 0 Å². The van der Waals surface area contributed by atoms with Gasteiger partial charge in [0.15, 0.2) is 0 Å². The molecule has 2 nitrogen and oxygen atoms in total. The Bertz CT molecular complexity index is 158. The van der Waals surface area contributed by atoms with E-state index < -0.39 is 0 Å². The highest BCUT2D eigenvalue weighted by Gasteiger charge is 2.34. The highest BCUT2D eigenvalue weighted by Crippen LogP contribution is 2.30. The van der Waals surface area contributed by atoms with Crippen molar-refractivity contribution in [2.45, 2.75) is 39.7 Å². The molecule has 1 saturated heterocycles. The Kier molecular flexibility index (Phi) is 3.74. The molecule has 2 unspecified atom stereocenters. The van der Waals surface area contributed by atoms with Crippen LogP contribution in [-0.4, -0.2) is 37.6 Å². The fourth-order valence-corrected chi connectivity index (χ4v) is 2.27. The number of rotatable bonds is 4. The summed E-state index contributed by atoms with van der Waals surface area (Å²) in [6.45, 7) is 10.7. The normalized spacial score (nSPS) is 32.3. The van der Waals surface area contributed by atoms with Crippen LogP contribution in [0.2, 0.25) is 0 Å². The number of nitrogens with one attached hydrogen (secondary N) is 1. The van der Waals surface area contributed by atoms with E-state index in [9.17, 15) is 0 Å². The Labute approximate surface area is 82.7 Å². The number of likely N-dealkylation sites (tertiary alicyclic amines) is 1. The van der Waals surface area contributed by atoms with Crippen molar-refractivity contribution in [3.8, 4) is 0 Å². The molecule has 0 bridgehead atoms. The Hall–Kier alpha value is -0.0800. The van der Waals surface area contributed by atoms with Gasteiger partial charge in [-0.05, 0) is 38.8 Å². The van der Waals surface area contributed by atoms with Gasteiger partial charge in [0.1, 0.15) is 0 Å². The summed E-state index contributed by atoms with van der Waals surface area (Å²) in [4.78, 5) is 2.62. The molecular formula is C11H24N2. The standard InChI is InChI=1S/C11H24N2/c1-5-10(2)13-7-6-11(3,9-13)8-12-4/h10,12H,5-9H2,1-4H3. The highest BCUT2D eigenvalue weighted by molar-refractivity contribution is 4.89. The lowest BCUT2D eigenvalue weighted by molar-refractivity contribution is 0.216. The third-order valence-electron chi connectivity index (χ3n) is 3.41. The predicted molar refractivity (Wildman–Crippen MR) is 58.0 cm³/mol. The molecule has 0 aromatic carbocycles. The Balaban J connectivity index is 2.43. The second-order valence-electron chi connectivity index (χ2n) is 4.82. The molecule has 0 aromatic rings. The first-order valence-electron chi connectivity index (χ1n) is 5.50. The van der Waals surface area contributed by atoms with Gasteiger partial charge in [0.2, 0.25) is 0 Å². The first-order chi connectivity index (χ1) is 6.11. The van der Waals surface area contributed by atoms with Crippen LogP contribution in [0.25, 0.3) is 0 Å². The summed E-state index contributed by atoms with van der Waals surface area (Å²) in [6, 6.07) is 0.763. The van der Waals surface area contributed by atoms with Crippen molar-refractivity contribution in [3.05, 3.63) is 0 Å². The minimum atomic E-state index is 0.512. The second kappa shape index (κ2) is 4.43. The van der Waals surface area contributed by atoms with Crippen LogP contribution in [0, 0.1) is 5.41 Å². The monoisotopic (exact) mass is 184 g/mol. The predicted octanol–water partition coefficient (Wildman–Crippen LogP) is 1.72. The molecular weight excluding hydrogens is 160 g/mol. The van der Waals surface area contributed by atoms with Crippen molar-refractivity contribution < 1.29 is 0 Å². The molecule has 1 aliphatic heterocycles. The summed E-state index contributed by atoms with van der Waals surface area (Å²) in [5.74, 6) is 0. The second-order valence-corrected chi connectivity index (χ2v) is 4.82. The van der Waals surface area contributed by atoms with Crippen LogP contribution in [-0.2, 0) is 0 Å². The first-order valence-corrected chi connectivity index (χ1v) is 5.50. The van der Waals surface area contributed by atoms with Gasteiger partial charge in [-0.25, -0.2) is 0 Å². The SMILES string of the molecule is CCC(C)N1CCC(C)(CNC)C1. The van der Waals surface area contributed by atoms with Gasteiger partial charge in [-0.15, -0.1) is 0 Å². The lowest BCUT2D eigenvalue weighted by Gasteiger charge is -2.27. The quantitative estimate of drug-likeness (QED) is 0.715. The van der Waals surface area contributed by atoms with E-state index >= 15 is 0 Å². The average molecular weight is 184 g/mol. The van der Waals surface area contributed by atoms with Crippen LogP contribution in [0.5, 0.6) is 0 Å². The molecule has 1 rings (SSSR count). The zero-order valence-corrected chi connectivity index (χ0v) is 9.56. The van der Waals surface area contributed by atoms with Gasteiger partial charge in [0, 0.05) is 19.1 Å². The molecule has 1 N–H and O–H groups in total. The molecule has 0 radical (unpaired) electrons. The maximum Gasteiger partial charge on any atom is 0.00645 e. The first kappa shape index (κ1) is 11.0. The van der Waals surface area contributed by atoms with Crippen LogP contribution in [0.3, 0.4) is 0 Å². The Morgan fingerprint density at radius 3 is 2.77 bits per heavy atom. The van der Waals surface area contributed by atoms with Gasteiger partial charge in [-0.1, -0.05) is 13.8 Å². The maximum absolute atomic E-state index is 3.30. The largest absolute Gasteiger partial charge is 0.319 e. The zero-order chi connectivity index (χ0) is 9.90. The zero-order valence-electron chi connectivity index (χ0n) is 9.56. The average Bonchev–Trinajstić information content (AvgIpc) is 2.47. The third-order valence-corrected chi connectivity index (χ3v) is 3.41. The van der Waals surface area contributed by atoms with Gasteiger partial charge in [0.25, 0.3) is 0 Å². The summed E-state index contributed by atoms with van der Waals surface area (Å²) >= 11 is 0. The van der Waals surface area contributed by atoms with Crippen LogP contribution in [0.4, 0.5) is 0 Å². The minimum absolute atomic E-state index is 0.512. The van der Waals surface area contributed by atoms with E-state index in [1.807, 2.05) is 0 Å². The Morgan fingerprint density at radius 1 is 1.54 bits per heavy atom. The Morgan fingerprint density at radius 2 is 2.23 bits per heavy atom. The molecule has 1 fully saturated rings. The highest BCUT2D eigenvalue weighted by atomic mass is 15.2. The summed E-state index contributed by atoms with van der Waals surface area (Å²) < 4.78 is 0. The summed E-state index contributed by atoms with van der Waals surface area (Å²) in [7, 11) is 2.05. The lowest BCUT2D eigenvalue weighted by atomic mass is 9.90. The van der Waals surface area contributed by atoms with Crippen molar-refractivity contribution in [2.75, 3.05) is 26.7 Å². The van der Waals surface area contributed by atoms with Crippen LogP contribution in [0.1, 0.15) is 33.6 Å². The van der Waals surface area contributed by atoms with Crippen molar-refractivity contribution >= 4 is 0 Å². The fraction of sp³-hybridized carbons (Fsp3) is 1.00. The molecule has 0 saturated carbocycles. The molecule has 13 heavy (non-hydrogen) atoms. The van der Waals surface area contributed by atoms with Gasteiger partial charge in [-0.3, -0.25) is 0 Å². The molecule has 0 aromatic heterocycles. The third kappa shape index (κ3) is 2.68. The molecule has 0 aliphatic carbocycles. The van der Waals surface area contributed by atoms with Gasteiger partial charge in [0.05, 0.1) is 0 Å². The van der Waals surface area contributed by atoms with Crippen molar-refractivity contribution in [1.82, 2.24) is 10.2 Å². The van der Waals surface area contributed by atoms with Gasteiger partial charge < -0.3 is 10.2 Å². The molecule has 2 atom stereocenters. The van der Waals surface area contributed by atoms with Gasteiger partial charge in [-0.2, -0.15) is 0 Å². The smallest absolute Gasteiger partial charge is 0.00645 e. The molecule has 2 heteroatoms. The van der Waals surface area contributed by atoms with Crippen LogP contribution >= 0.6 is 0 Å². The topological polar surface area (TPSA) is 15.3 Å². The van der Waals surface area contributed by atoms with Crippen LogP contribution < -0.4 is 5.32 Å². The lowest BCUT2D eigenvalue weighted by Crippen LogP contribution is -2.36. The van der Waals surface area contributed by atoms with E-state index in [1.54, 1.807) is 0 Å². The molecule has 0 spiro atoms. The fourth-order valence-electron chi connectivity index (χ4n) is 2.27. The van der Waals surface area contributed by atoms with Crippen LogP contribution in [0.15, 0.2) is 0 Å². The summed E-state index contributed by atoms with van der Waals surface area (Å²) in [6.07, 6.45) is 2.62. The number of nitrogens with zero attached hydrogens (tertiary/aromatic N) is 1. The number of hydrogen-bond acceptors (Lipinski definition) is 2. The van der Waals surface area contributed by atoms with E-state index in [0.29, 0.717) is 5.41 Å². The summed E-state index contributed by atoms with van der Waals surface area (Å²) in [5.41, 5.74) is 0.512. The molecule has 1 heterocycles. The van der Waals surface area contributed by atoms with Crippen molar-refractivity contribution in [2.24, 2.45) is 5.41 Å². The molecule has 1 aliphatic rings. The van der Waals surface area contributed by atoms with Crippen molar-refractivity contribution in [1.29, 1.82) is 0 Å². The molecule has 78 valence electrons. The molecule has 0 amide bonds. The van der Waals surface area contributed by atoms with Gasteiger partial charge >= 0.3 is 0 Å². The van der Waals surface area contributed by atoms with E-state index in [4.69, 9.17) is 0 Å². The van der Waals surface area contributed by atoms with E-state index in [1.165, 1.54) is 25.9 Å². The van der Waals surface area contributed by atoms with E-state index in [-0.39, 0.29) is 0 Å². The summed E-state index contributed by atoms with van der Waals surface area (Å²) in [5, 5.41) is 3.30. The minimum Gasteiger partial charge on any atom is -0.319 e. The van der Waals surface area contributed by atoms with E-state index in [2.05, 4.69) is 38.0 Å². The number of hydrogen-bond donors (Lipinski definition) is 1.